The maximum Gasteiger partial charge on any atom is 0.253 e. The molecule has 0 atom stereocenters. The third-order valence-electron chi connectivity index (χ3n) is 2.40. The minimum Gasteiger partial charge on any atom is -0.494 e. The summed E-state index contributed by atoms with van der Waals surface area (Å²) in [7, 11) is 2.98. The summed E-state index contributed by atoms with van der Waals surface area (Å²) in [6, 6.07) is 3.98. The molecule has 0 saturated carbocycles. The smallest absolute Gasteiger partial charge is 0.253 e. The van der Waals surface area contributed by atoms with E-state index in [0.29, 0.717) is 18.5 Å². The van der Waals surface area contributed by atoms with Crippen LogP contribution in [0.25, 0.3) is 0 Å². The van der Waals surface area contributed by atoms with Gasteiger partial charge in [-0.25, -0.2) is 4.39 Å². The molecule has 0 spiro atoms. The second-order valence-electron chi connectivity index (χ2n) is 3.65. The zero-order chi connectivity index (χ0) is 12.8. The standard InChI is InChI=1S/C12H16FNO3/c1-14(6-3-7-15)12(16)9-4-5-10(13)11(8-9)17-2/h4-5,8,15H,3,6-7H2,1-2H3. The lowest BCUT2D eigenvalue weighted by Crippen LogP contribution is -2.28. The monoisotopic (exact) mass is 241 g/mol. The highest BCUT2D eigenvalue weighted by molar-refractivity contribution is 5.94. The van der Waals surface area contributed by atoms with Crippen molar-refractivity contribution in [2.75, 3.05) is 27.3 Å². The van der Waals surface area contributed by atoms with Crippen LogP contribution in [0.3, 0.4) is 0 Å². The molecule has 1 rings (SSSR count). The summed E-state index contributed by atoms with van der Waals surface area (Å²) in [5, 5.41) is 8.68. The van der Waals surface area contributed by atoms with Crippen LogP contribution in [0.15, 0.2) is 18.2 Å². The van der Waals surface area contributed by atoms with Gasteiger partial charge in [0, 0.05) is 25.8 Å². The SMILES string of the molecule is COc1cc(C(=O)N(C)CCCO)ccc1F. The number of benzene rings is 1. The molecule has 94 valence electrons. The number of carbonyl (C=O) groups is 1. The van der Waals surface area contributed by atoms with E-state index in [1.165, 1.54) is 30.2 Å². The molecule has 0 aliphatic heterocycles. The quantitative estimate of drug-likeness (QED) is 0.845. The predicted molar refractivity (Wildman–Crippen MR) is 61.6 cm³/mol. The summed E-state index contributed by atoms with van der Waals surface area (Å²) in [4.78, 5) is 13.4. The van der Waals surface area contributed by atoms with Crippen molar-refractivity contribution in [1.29, 1.82) is 0 Å². The predicted octanol–water partition coefficient (Wildman–Crippen LogP) is 1.29. The molecular weight excluding hydrogens is 225 g/mol. The molecule has 0 aliphatic rings. The fourth-order valence-electron chi connectivity index (χ4n) is 1.42. The first-order valence-corrected chi connectivity index (χ1v) is 5.30. The van der Waals surface area contributed by atoms with Gasteiger partial charge in [-0.1, -0.05) is 0 Å². The zero-order valence-electron chi connectivity index (χ0n) is 9.94. The lowest BCUT2D eigenvalue weighted by atomic mass is 10.2. The number of methoxy groups -OCH3 is 1. The van der Waals surface area contributed by atoms with Crippen molar-refractivity contribution < 1.29 is 19.0 Å². The topological polar surface area (TPSA) is 49.8 Å². The van der Waals surface area contributed by atoms with Crippen LogP contribution in [0.1, 0.15) is 16.8 Å². The molecule has 4 nitrogen and oxygen atoms in total. The number of aliphatic hydroxyl groups excluding tert-OH is 1. The fourth-order valence-corrected chi connectivity index (χ4v) is 1.42. The Labute approximate surface area is 99.6 Å². The van der Waals surface area contributed by atoms with Gasteiger partial charge in [-0.05, 0) is 24.6 Å². The van der Waals surface area contributed by atoms with Gasteiger partial charge in [0.15, 0.2) is 11.6 Å². The van der Waals surface area contributed by atoms with Crippen molar-refractivity contribution in [3.63, 3.8) is 0 Å². The molecule has 1 aromatic carbocycles. The van der Waals surface area contributed by atoms with Crippen molar-refractivity contribution in [2.24, 2.45) is 0 Å². The number of carbonyl (C=O) groups excluding carboxylic acids is 1. The van der Waals surface area contributed by atoms with Gasteiger partial charge in [-0.3, -0.25) is 4.79 Å². The summed E-state index contributed by atoms with van der Waals surface area (Å²) in [6.07, 6.45) is 0.514. The highest BCUT2D eigenvalue weighted by Gasteiger charge is 2.13. The van der Waals surface area contributed by atoms with Crippen molar-refractivity contribution >= 4 is 5.91 Å². The average Bonchev–Trinajstić information content (AvgIpc) is 2.35. The number of hydrogen-bond donors (Lipinski definition) is 1. The van der Waals surface area contributed by atoms with E-state index in [9.17, 15) is 9.18 Å². The summed E-state index contributed by atoms with van der Waals surface area (Å²) < 4.78 is 18.0. The number of hydrogen-bond acceptors (Lipinski definition) is 3. The lowest BCUT2D eigenvalue weighted by Gasteiger charge is -2.16. The van der Waals surface area contributed by atoms with E-state index in [-0.39, 0.29) is 18.3 Å². The third kappa shape index (κ3) is 3.42. The third-order valence-corrected chi connectivity index (χ3v) is 2.40. The van der Waals surface area contributed by atoms with Crippen molar-refractivity contribution in [1.82, 2.24) is 4.90 Å². The van der Waals surface area contributed by atoms with Crippen molar-refractivity contribution in [3.8, 4) is 5.75 Å². The Morgan fingerprint density at radius 3 is 2.82 bits per heavy atom. The highest BCUT2D eigenvalue weighted by Crippen LogP contribution is 2.19. The Kier molecular flexibility index (Phi) is 4.90. The normalized spacial score (nSPS) is 10.1. The lowest BCUT2D eigenvalue weighted by molar-refractivity contribution is 0.0786. The Balaban J connectivity index is 2.81. The Hall–Kier alpha value is -1.62. The number of ether oxygens (including phenoxy) is 1. The Morgan fingerprint density at radius 1 is 1.53 bits per heavy atom. The van der Waals surface area contributed by atoms with Gasteiger partial charge in [-0.2, -0.15) is 0 Å². The van der Waals surface area contributed by atoms with Crippen LogP contribution in [-0.2, 0) is 0 Å². The van der Waals surface area contributed by atoms with Crippen LogP contribution in [0.4, 0.5) is 4.39 Å². The molecule has 17 heavy (non-hydrogen) atoms. The molecule has 1 N–H and O–H groups in total. The van der Waals surface area contributed by atoms with E-state index < -0.39 is 5.82 Å². The van der Waals surface area contributed by atoms with Gasteiger partial charge < -0.3 is 14.7 Å². The minimum absolute atomic E-state index is 0.0321. The molecule has 0 saturated heterocycles. The molecule has 1 aromatic rings. The first kappa shape index (κ1) is 13.4. The first-order chi connectivity index (χ1) is 8.10. The second-order valence-corrected chi connectivity index (χ2v) is 3.65. The van der Waals surface area contributed by atoms with Crippen LogP contribution in [0, 0.1) is 5.82 Å². The van der Waals surface area contributed by atoms with Crippen LogP contribution < -0.4 is 4.74 Å². The summed E-state index contributed by atoms with van der Waals surface area (Å²) in [5.74, 6) is -0.676. The molecule has 0 aliphatic carbocycles. The number of halogens is 1. The van der Waals surface area contributed by atoms with Crippen molar-refractivity contribution in [3.05, 3.63) is 29.6 Å². The molecule has 0 unspecified atom stereocenters. The summed E-state index contributed by atoms with van der Waals surface area (Å²) in [5.41, 5.74) is 0.365. The average molecular weight is 241 g/mol. The molecule has 0 heterocycles. The van der Waals surface area contributed by atoms with Gasteiger partial charge >= 0.3 is 0 Å². The number of nitrogens with zero attached hydrogens (tertiary/aromatic N) is 1. The van der Waals surface area contributed by atoms with E-state index in [1.54, 1.807) is 7.05 Å². The second kappa shape index (κ2) is 6.20. The Morgan fingerprint density at radius 2 is 2.24 bits per heavy atom. The van der Waals surface area contributed by atoms with Gasteiger partial charge in [0.05, 0.1) is 7.11 Å². The van der Waals surface area contributed by atoms with Crippen molar-refractivity contribution in [2.45, 2.75) is 6.42 Å². The maximum atomic E-state index is 13.2. The zero-order valence-corrected chi connectivity index (χ0v) is 9.94. The van der Waals surface area contributed by atoms with Gasteiger partial charge in [0.25, 0.3) is 5.91 Å². The fraction of sp³-hybridized carbons (Fsp3) is 0.417. The van der Waals surface area contributed by atoms with E-state index in [4.69, 9.17) is 9.84 Å². The number of rotatable bonds is 5. The molecule has 0 bridgehead atoms. The van der Waals surface area contributed by atoms with Gasteiger partial charge in [0.2, 0.25) is 0 Å². The molecule has 0 radical (unpaired) electrons. The summed E-state index contributed by atoms with van der Waals surface area (Å²) >= 11 is 0. The summed E-state index contributed by atoms with van der Waals surface area (Å²) in [6.45, 7) is 0.486. The Bertz CT molecular complexity index is 395. The van der Waals surface area contributed by atoms with Crippen LogP contribution in [-0.4, -0.2) is 43.2 Å². The highest BCUT2D eigenvalue weighted by atomic mass is 19.1. The number of amides is 1. The van der Waals surface area contributed by atoms with Gasteiger partial charge in [0.1, 0.15) is 0 Å². The molecule has 0 aromatic heterocycles. The molecule has 0 fully saturated rings. The molecular formula is C12H16FNO3. The number of aliphatic hydroxyl groups is 1. The van der Waals surface area contributed by atoms with Crippen LogP contribution in [0.2, 0.25) is 0 Å². The van der Waals surface area contributed by atoms with E-state index in [0.717, 1.165) is 0 Å². The van der Waals surface area contributed by atoms with E-state index in [2.05, 4.69) is 0 Å². The van der Waals surface area contributed by atoms with Gasteiger partial charge in [-0.15, -0.1) is 0 Å². The largest absolute Gasteiger partial charge is 0.494 e. The molecule has 5 heteroatoms. The van der Waals surface area contributed by atoms with Crippen LogP contribution in [0.5, 0.6) is 5.75 Å². The molecule has 1 amide bonds. The maximum absolute atomic E-state index is 13.2. The van der Waals surface area contributed by atoms with E-state index in [1.807, 2.05) is 0 Å². The van der Waals surface area contributed by atoms with Crippen LogP contribution >= 0.6 is 0 Å². The minimum atomic E-state index is -0.498. The first-order valence-electron chi connectivity index (χ1n) is 5.30. The van der Waals surface area contributed by atoms with E-state index >= 15 is 0 Å².